The molecule has 1 aromatic carbocycles. The summed E-state index contributed by atoms with van der Waals surface area (Å²) >= 11 is 0. The van der Waals surface area contributed by atoms with Crippen molar-refractivity contribution in [2.45, 2.75) is 13.0 Å². The third kappa shape index (κ3) is 2.02. The van der Waals surface area contributed by atoms with Gasteiger partial charge in [0.25, 0.3) is 0 Å². The molecule has 0 aliphatic heterocycles. The van der Waals surface area contributed by atoms with Crippen LogP contribution >= 0.6 is 0 Å². The van der Waals surface area contributed by atoms with E-state index in [1.807, 2.05) is 0 Å². The SMILES string of the molecule is C[C@@H](N)c1nc(-c2cccc(F)c2)no1. The molecule has 0 saturated heterocycles. The van der Waals surface area contributed by atoms with Gasteiger partial charge in [0.1, 0.15) is 5.82 Å². The van der Waals surface area contributed by atoms with Gasteiger partial charge in [0.2, 0.25) is 11.7 Å². The van der Waals surface area contributed by atoms with Gasteiger partial charge in [0, 0.05) is 5.56 Å². The Kier molecular flexibility index (Phi) is 2.47. The molecular weight excluding hydrogens is 197 g/mol. The number of nitrogens with two attached hydrogens (primary N) is 1. The summed E-state index contributed by atoms with van der Waals surface area (Å²) in [6.45, 7) is 1.74. The van der Waals surface area contributed by atoms with Gasteiger partial charge in [-0.25, -0.2) is 4.39 Å². The van der Waals surface area contributed by atoms with Gasteiger partial charge in [-0.05, 0) is 19.1 Å². The molecule has 4 nitrogen and oxygen atoms in total. The number of nitrogens with zero attached hydrogens (tertiary/aromatic N) is 2. The van der Waals surface area contributed by atoms with Crippen molar-refractivity contribution in [3.05, 3.63) is 36.0 Å². The Bertz CT molecular complexity index is 467. The first-order chi connectivity index (χ1) is 7.16. The van der Waals surface area contributed by atoms with Crippen LogP contribution < -0.4 is 5.73 Å². The zero-order chi connectivity index (χ0) is 10.8. The predicted molar refractivity (Wildman–Crippen MR) is 52.3 cm³/mol. The van der Waals surface area contributed by atoms with Crippen LogP contribution in [0.15, 0.2) is 28.8 Å². The molecule has 0 spiro atoms. The van der Waals surface area contributed by atoms with E-state index in [1.165, 1.54) is 12.1 Å². The topological polar surface area (TPSA) is 64.9 Å². The summed E-state index contributed by atoms with van der Waals surface area (Å²) in [6, 6.07) is 5.68. The smallest absolute Gasteiger partial charge is 0.243 e. The molecular formula is C10H10FN3O. The van der Waals surface area contributed by atoms with E-state index in [1.54, 1.807) is 19.1 Å². The molecule has 0 aliphatic rings. The van der Waals surface area contributed by atoms with E-state index in [9.17, 15) is 4.39 Å². The Morgan fingerprint density at radius 3 is 2.87 bits per heavy atom. The van der Waals surface area contributed by atoms with E-state index in [0.29, 0.717) is 17.3 Å². The average Bonchev–Trinajstić information content (AvgIpc) is 2.66. The Morgan fingerprint density at radius 1 is 1.47 bits per heavy atom. The van der Waals surface area contributed by atoms with E-state index in [0.717, 1.165) is 0 Å². The quantitative estimate of drug-likeness (QED) is 0.816. The predicted octanol–water partition coefficient (Wildman–Crippen LogP) is 1.90. The Balaban J connectivity index is 2.37. The Morgan fingerprint density at radius 2 is 2.27 bits per heavy atom. The minimum atomic E-state index is -0.334. The van der Waals surface area contributed by atoms with Crippen molar-refractivity contribution in [2.75, 3.05) is 0 Å². The maximum absolute atomic E-state index is 12.9. The van der Waals surface area contributed by atoms with Gasteiger partial charge in [0.15, 0.2) is 0 Å². The van der Waals surface area contributed by atoms with Crippen molar-refractivity contribution in [1.82, 2.24) is 10.1 Å². The molecule has 1 atom stereocenters. The highest BCUT2D eigenvalue weighted by Crippen LogP contribution is 2.18. The number of hydrogen-bond acceptors (Lipinski definition) is 4. The largest absolute Gasteiger partial charge is 0.337 e. The summed E-state index contributed by atoms with van der Waals surface area (Å²) < 4.78 is 17.8. The van der Waals surface area contributed by atoms with Crippen LogP contribution in [-0.2, 0) is 0 Å². The fourth-order valence-electron chi connectivity index (χ4n) is 1.16. The van der Waals surface area contributed by atoms with Gasteiger partial charge in [-0.1, -0.05) is 17.3 Å². The fraction of sp³-hybridized carbons (Fsp3) is 0.200. The van der Waals surface area contributed by atoms with Gasteiger partial charge in [-0.15, -0.1) is 0 Å². The molecule has 2 rings (SSSR count). The molecule has 0 saturated carbocycles. The second-order valence-electron chi connectivity index (χ2n) is 3.26. The molecule has 2 aromatic rings. The molecule has 2 N–H and O–H groups in total. The molecule has 1 heterocycles. The van der Waals surface area contributed by atoms with Crippen LogP contribution in [-0.4, -0.2) is 10.1 Å². The molecule has 0 amide bonds. The van der Waals surface area contributed by atoms with E-state index < -0.39 is 0 Å². The van der Waals surface area contributed by atoms with Gasteiger partial charge < -0.3 is 10.3 Å². The summed E-state index contributed by atoms with van der Waals surface area (Å²) in [5.74, 6) is 0.357. The van der Waals surface area contributed by atoms with Gasteiger partial charge >= 0.3 is 0 Å². The minimum Gasteiger partial charge on any atom is -0.337 e. The van der Waals surface area contributed by atoms with E-state index in [-0.39, 0.29) is 11.9 Å². The summed E-state index contributed by atoms with van der Waals surface area (Å²) in [6.07, 6.45) is 0. The number of benzene rings is 1. The second-order valence-corrected chi connectivity index (χ2v) is 3.26. The highest BCUT2D eigenvalue weighted by Gasteiger charge is 2.11. The third-order valence-electron chi connectivity index (χ3n) is 1.91. The highest BCUT2D eigenvalue weighted by molar-refractivity contribution is 5.53. The molecule has 0 bridgehead atoms. The lowest BCUT2D eigenvalue weighted by Gasteiger charge is -1.94. The van der Waals surface area contributed by atoms with Crippen LogP contribution in [0, 0.1) is 5.82 Å². The molecule has 0 radical (unpaired) electrons. The van der Waals surface area contributed by atoms with Crippen LogP contribution in [0.4, 0.5) is 4.39 Å². The highest BCUT2D eigenvalue weighted by atomic mass is 19.1. The molecule has 0 aliphatic carbocycles. The summed E-state index contributed by atoms with van der Waals surface area (Å²) in [4.78, 5) is 4.05. The first-order valence-electron chi connectivity index (χ1n) is 4.52. The average molecular weight is 207 g/mol. The molecule has 0 fully saturated rings. The zero-order valence-corrected chi connectivity index (χ0v) is 8.14. The lowest BCUT2D eigenvalue weighted by molar-refractivity contribution is 0.362. The van der Waals surface area contributed by atoms with Crippen LogP contribution in [0.2, 0.25) is 0 Å². The van der Waals surface area contributed by atoms with Crippen LogP contribution in [0.5, 0.6) is 0 Å². The molecule has 78 valence electrons. The Hall–Kier alpha value is -1.75. The monoisotopic (exact) mass is 207 g/mol. The lowest BCUT2D eigenvalue weighted by atomic mass is 10.2. The number of rotatable bonds is 2. The molecule has 1 aromatic heterocycles. The number of aromatic nitrogens is 2. The van der Waals surface area contributed by atoms with Crippen LogP contribution in [0.3, 0.4) is 0 Å². The van der Waals surface area contributed by atoms with E-state index in [2.05, 4.69) is 10.1 Å². The van der Waals surface area contributed by atoms with Gasteiger partial charge in [0.05, 0.1) is 6.04 Å². The number of halogens is 1. The standard InChI is InChI=1S/C10H10FN3O/c1-6(12)10-13-9(14-15-10)7-3-2-4-8(11)5-7/h2-6H,12H2,1H3/t6-/m1/s1. The van der Waals surface area contributed by atoms with Crippen LogP contribution in [0.25, 0.3) is 11.4 Å². The van der Waals surface area contributed by atoms with E-state index >= 15 is 0 Å². The van der Waals surface area contributed by atoms with Crippen molar-refractivity contribution in [1.29, 1.82) is 0 Å². The van der Waals surface area contributed by atoms with Crippen molar-refractivity contribution in [3.63, 3.8) is 0 Å². The first-order valence-corrected chi connectivity index (χ1v) is 4.52. The number of hydrogen-bond donors (Lipinski definition) is 1. The lowest BCUT2D eigenvalue weighted by Crippen LogP contribution is -2.04. The van der Waals surface area contributed by atoms with Gasteiger partial charge in [-0.2, -0.15) is 4.98 Å². The zero-order valence-electron chi connectivity index (χ0n) is 8.14. The summed E-state index contributed by atoms with van der Waals surface area (Å²) in [7, 11) is 0. The summed E-state index contributed by atoms with van der Waals surface area (Å²) in [5, 5.41) is 3.72. The normalized spacial score (nSPS) is 12.7. The van der Waals surface area contributed by atoms with Crippen molar-refractivity contribution < 1.29 is 8.91 Å². The van der Waals surface area contributed by atoms with Crippen molar-refractivity contribution in [2.24, 2.45) is 5.73 Å². The minimum absolute atomic E-state index is 0.320. The second kappa shape index (κ2) is 3.78. The molecule has 0 unspecified atom stereocenters. The maximum Gasteiger partial charge on any atom is 0.243 e. The van der Waals surface area contributed by atoms with Crippen molar-refractivity contribution in [3.8, 4) is 11.4 Å². The first kappa shape index (κ1) is 9.79. The fourth-order valence-corrected chi connectivity index (χ4v) is 1.16. The summed E-state index contributed by atoms with van der Waals surface area (Å²) in [5.41, 5.74) is 6.14. The van der Waals surface area contributed by atoms with Gasteiger partial charge in [-0.3, -0.25) is 0 Å². The van der Waals surface area contributed by atoms with Crippen LogP contribution in [0.1, 0.15) is 18.9 Å². The van der Waals surface area contributed by atoms with Crippen molar-refractivity contribution >= 4 is 0 Å². The van der Waals surface area contributed by atoms with E-state index in [4.69, 9.17) is 10.3 Å². The third-order valence-corrected chi connectivity index (χ3v) is 1.91. The molecule has 5 heteroatoms. The maximum atomic E-state index is 12.9. The molecule has 15 heavy (non-hydrogen) atoms. The Labute approximate surface area is 85.9 Å².